The Morgan fingerprint density at radius 3 is 2.95 bits per heavy atom. The van der Waals surface area contributed by atoms with Crippen LogP contribution in [0.5, 0.6) is 5.75 Å². The molecule has 0 atom stereocenters. The van der Waals surface area contributed by atoms with Crippen LogP contribution in [0.2, 0.25) is 0 Å². The first-order chi connectivity index (χ1) is 10.6. The lowest BCUT2D eigenvalue weighted by Gasteiger charge is -2.12. The zero-order chi connectivity index (χ0) is 15.7. The molecule has 0 spiro atoms. The van der Waals surface area contributed by atoms with Crippen molar-refractivity contribution in [3.8, 4) is 5.75 Å². The summed E-state index contributed by atoms with van der Waals surface area (Å²) in [7, 11) is 1.38. The van der Waals surface area contributed by atoms with E-state index >= 15 is 0 Å². The summed E-state index contributed by atoms with van der Waals surface area (Å²) in [6.45, 7) is 0. The molecular formula is C16H14FNO4. The number of anilines is 1. The normalized spacial score (nSPS) is 13.6. The topological polar surface area (TPSA) is 68.5 Å². The Balaban J connectivity index is 1.90. The number of aryl methyl sites for hydroxylation is 1. The summed E-state index contributed by atoms with van der Waals surface area (Å²) in [6, 6.07) is 3.79. The van der Waals surface area contributed by atoms with E-state index in [0.29, 0.717) is 29.9 Å². The molecule has 1 N–H and O–H groups in total. The number of methoxy groups -OCH3 is 1. The van der Waals surface area contributed by atoms with Crippen molar-refractivity contribution in [2.24, 2.45) is 0 Å². The number of furan rings is 1. The van der Waals surface area contributed by atoms with Gasteiger partial charge in [0.15, 0.2) is 5.78 Å². The second-order valence-electron chi connectivity index (χ2n) is 5.02. The highest BCUT2D eigenvalue weighted by molar-refractivity contribution is 6.13. The van der Waals surface area contributed by atoms with Crippen LogP contribution in [0, 0.1) is 5.82 Å². The summed E-state index contributed by atoms with van der Waals surface area (Å²) in [5.41, 5.74) is 0.878. The molecule has 1 heterocycles. The van der Waals surface area contributed by atoms with Crippen LogP contribution in [-0.2, 0) is 6.42 Å². The zero-order valence-electron chi connectivity index (χ0n) is 11.9. The molecule has 1 amide bonds. The van der Waals surface area contributed by atoms with Crippen LogP contribution in [0.25, 0.3) is 0 Å². The fraction of sp³-hybridized carbons (Fsp3) is 0.250. The van der Waals surface area contributed by atoms with E-state index in [4.69, 9.17) is 9.15 Å². The molecule has 3 rings (SSSR count). The van der Waals surface area contributed by atoms with Crippen LogP contribution in [0.1, 0.15) is 39.3 Å². The van der Waals surface area contributed by atoms with E-state index in [-0.39, 0.29) is 17.1 Å². The first-order valence-corrected chi connectivity index (χ1v) is 6.88. The highest BCUT2D eigenvalue weighted by Crippen LogP contribution is 2.29. The smallest absolute Gasteiger partial charge is 0.259 e. The van der Waals surface area contributed by atoms with Crippen LogP contribution in [0.3, 0.4) is 0 Å². The molecule has 5 nitrogen and oxygen atoms in total. The minimum Gasteiger partial charge on any atom is -0.494 e. The van der Waals surface area contributed by atoms with Gasteiger partial charge in [-0.05, 0) is 18.6 Å². The molecule has 6 heteroatoms. The van der Waals surface area contributed by atoms with Crippen LogP contribution in [0.15, 0.2) is 28.9 Å². The van der Waals surface area contributed by atoms with Crippen LogP contribution >= 0.6 is 0 Å². The minimum atomic E-state index is -0.481. The van der Waals surface area contributed by atoms with E-state index in [2.05, 4.69) is 5.32 Å². The molecule has 0 saturated heterocycles. The van der Waals surface area contributed by atoms with Gasteiger partial charge in [0, 0.05) is 18.9 Å². The van der Waals surface area contributed by atoms with Crippen LogP contribution in [0.4, 0.5) is 10.1 Å². The summed E-state index contributed by atoms with van der Waals surface area (Å²) in [6.07, 6.45) is 3.08. The lowest BCUT2D eigenvalue weighted by molar-refractivity contribution is 0.0955. The Labute approximate surface area is 126 Å². The van der Waals surface area contributed by atoms with Crippen LogP contribution < -0.4 is 10.1 Å². The number of nitrogens with one attached hydrogen (secondary N) is 1. The Hall–Kier alpha value is -2.63. The number of ketones is 1. The highest BCUT2D eigenvalue weighted by Gasteiger charge is 2.28. The van der Waals surface area contributed by atoms with Crippen LogP contribution in [-0.4, -0.2) is 18.8 Å². The van der Waals surface area contributed by atoms with Gasteiger partial charge in [-0.25, -0.2) is 4.39 Å². The SMILES string of the molecule is COc1cc(F)ccc1NC(=O)c1coc2c1C(=O)CCC2. The van der Waals surface area contributed by atoms with Gasteiger partial charge in [-0.15, -0.1) is 0 Å². The van der Waals surface area contributed by atoms with Gasteiger partial charge in [0.1, 0.15) is 23.6 Å². The number of hydrogen-bond donors (Lipinski definition) is 1. The molecule has 1 aliphatic carbocycles. The Morgan fingerprint density at radius 2 is 2.18 bits per heavy atom. The molecule has 22 heavy (non-hydrogen) atoms. The number of ether oxygens (including phenoxy) is 1. The monoisotopic (exact) mass is 303 g/mol. The van der Waals surface area contributed by atoms with E-state index in [1.54, 1.807) is 0 Å². The van der Waals surface area contributed by atoms with Gasteiger partial charge in [0.05, 0.1) is 23.9 Å². The lowest BCUT2D eigenvalue weighted by Crippen LogP contribution is -2.18. The van der Waals surface area contributed by atoms with E-state index < -0.39 is 11.7 Å². The fourth-order valence-electron chi connectivity index (χ4n) is 2.55. The first kappa shape index (κ1) is 14.3. The van der Waals surface area contributed by atoms with Gasteiger partial charge in [0.2, 0.25) is 0 Å². The summed E-state index contributed by atoms with van der Waals surface area (Å²) in [5.74, 6) is -0.286. The predicted molar refractivity (Wildman–Crippen MR) is 76.9 cm³/mol. The Morgan fingerprint density at radius 1 is 1.36 bits per heavy atom. The molecule has 0 bridgehead atoms. The quantitative estimate of drug-likeness (QED) is 0.945. The number of carbonyl (C=O) groups excluding carboxylic acids is 2. The largest absolute Gasteiger partial charge is 0.494 e. The number of Topliss-reactive ketones (excluding diaryl/α,β-unsaturated/α-hetero) is 1. The van der Waals surface area contributed by atoms with Gasteiger partial charge in [-0.2, -0.15) is 0 Å². The highest BCUT2D eigenvalue weighted by atomic mass is 19.1. The zero-order valence-corrected chi connectivity index (χ0v) is 11.9. The number of amides is 1. The van der Waals surface area contributed by atoms with Gasteiger partial charge in [-0.3, -0.25) is 9.59 Å². The molecule has 0 unspecified atom stereocenters. The summed E-state index contributed by atoms with van der Waals surface area (Å²) >= 11 is 0. The van der Waals surface area contributed by atoms with Gasteiger partial charge < -0.3 is 14.5 Å². The standard InChI is InChI=1S/C16H14FNO4/c1-21-14-7-9(17)5-6-11(14)18-16(20)10-8-22-13-4-2-3-12(19)15(10)13/h5-8H,2-4H2,1H3,(H,18,20). The number of benzene rings is 1. The van der Waals surface area contributed by atoms with Gasteiger partial charge >= 0.3 is 0 Å². The third-order valence-electron chi connectivity index (χ3n) is 3.61. The van der Waals surface area contributed by atoms with Crippen molar-refractivity contribution in [1.29, 1.82) is 0 Å². The summed E-state index contributed by atoms with van der Waals surface area (Å²) < 4.78 is 23.5. The van der Waals surface area contributed by atoms with Crippen molar-refractivity contribution in [1.82, 2.24) is 0 Å². The second-order valence-corrected chi connectivity index (χ2v) is 5.02. The van der Waals surface area contributed by atoms with Crippen molar-refractivity contribution in [3.63, 3.8) is 0 Å². The third-order valence-corrected chi connectivity index (χ3v) is 3.61. The molecular weight excluding hydrogens is 289 g/mol. The van der Waals surface area contributed by atoms with Crippen molar-refractivity contribution in [2.45, 2.75) is 19.3 Å². The summed E-state index contributed by atoms with van der Waals surface area (Å²) in [4.78, 5) is 24.4. The third kappa shape index (κ3) is 2.47. The first-order valence-electron chi connectivity index (χ1n) is 6.88. The maximum Gasteiger partial charge on any atom is 0.259 e. The Bertz CT molecular complexity index is 751. The minimum absolute atomic E-state index is 0.0915. The van der Waals surface area contributed by atoms with E-state index in [9.17, 15) is 14.0 Å². The van der Waals surface area contributed by atoms with Gasteiger partial charge in [0.25, 0.3) is 5.91 Å². The molecule has 0 radical (unpaired) electrons. The second kappa shape index (κ2) is 5.63. The molecule has 1 aromatic carbocycles. The molecule has 1 aliphatic rings. The van der Waals surface area contributed by atoms with E-state index in [0.717, 1.165) is 6.42 Å². The van der Waals surface area contributed by atoms with Crippen molar-refractivity contribution >= 4 is 17.4 Å². The van der Waals surface area contributed by atoms with Gasteiger partial charge in [-0.1, -0.05) is 0 Å². The average Bonchev–Trinajstić information content (AvgIpc) is 2.94. The molecule has 0 saturated carbocycles. The number of fused-ring (bicyclic) bond motifs is 1. The number of rotatable bonds is 3. The van der Waals surface area contributed by atoms with Crippen molar-refractivity contribution in [3.05, 3.63) is 47.2 Å². The van der Waals surface area contributed by atoms with E-state index in [1.807, 2.05) is 0 Å². The maximum atomic E-state index is 13.2. The maximum absolute atomic E-state index is 13.2. The molecule has 0 aliphatic heterocycles. The Kier molecular flexibility index (Phi) is 3.66. The molecule has 0 fully saturated rings. The predicted octanol–water partition coefficient (Wildman–Crippen LogP) is 3.20. The molecule has 2 aromatic rings. The molecule has 114 valence electrons. The van der Waals surface area contributed by atoms with E-state index in [1.165, 1.54) is 31.6 Å². The fourth-order valence-corrected chi connectivity index (χ4v) is 2.55. The lowest BCUT2D eigenvalue weighted by atomic mass is 9.94. The van der Waals surface area contributed by atoms with Crippen molar-refractivity contribution < 1.29 is 23.1 Å². The number of carbonyl (C=O) groups is 2. The number of hydrogen-bond acceptors (Lipinski definition) is 4. The number of halogens is 1. The average molecular weight is 303 g/mol. The van der Waals surface area contributed by atoms with Crippen molar-refractivity contribution in [2.75, 3.05) is 12.4 Å². The summed E-state index contributed by atoms with van der Waals surface area (Å²) in [5, 5.41) is 2.62. The molecule has 1 aromatic heterocycles.